The molecule has 6 heteroatoms. The standard InChI is InChI=1S/C23H21FN2O2S/c1-16-7-11-19(12-8-16)29(27,28)22(14-9-17-5-3-2-4-6-17)23-20-13-10-18(24)15-21(20)25-26-23/h2-8,10-13,15,22H,9,14H2,1H3,(H,25,26). The van der Waals surface area contributed by atoms with E-state index in [1.165, 1.54) is 12.1 Å². The third-order valence-corrected chi connectivity index (χ3v) is 7.28. The largest absolute Gasteiger partial charge is 0.280 e. The van der Waals surface area contributed by atoms with Gasteiger partial charge in [0.2, 0.25) is 0 Å². The van der Waals surface area contributed by atoms with Crippen LogP contribution >= 0.6 is 0 Å². The van der Waals surface area contributed by atoms with Crippen molar-refractivity contribution in [3.05, 3.63) is 95.4 Å². The van der Waals surface area contributed by atoms with E-state index in [9.17, 15) is 12.8 Å². The van der Waals surface area contributed by atoms with Gasteiger partial charge in [0.25, 0.3) is 0 Å². The molecule has 1 atom stereocenters. The number of H-pyrrole nitrogens is 1. The third-order valence-electron chi connectivity index (χ3n) is 5.13. The Morgan fingerprint density at radius 2 is 1.72 bits per heavy atom. The number of aromatic nitrogens is 2. The van der Waals surface area contributed by atoms with Crippen molar-refractivity contribution in [2.75, 3.05) is 0 Å². The molecule has 0 aliphatic heterocycles. The van der Waals surface area contributed by atoms with Gasteiger partial charge in [-0.05, 0) is 49.6 Å². The van der Waals surface area contributed by atoms with Crippen molar-refractivity contribution in [1.82, 2.24) is 10.2 Å². The molecule has 4 aromatic rings. The molecular formula is C23H21FN2O2S. The Hall–Kier alpha value is -2.99. The van der Waals surface area contributed by atoms with E-state index in [2.05, 4.69) is 10.2 Å². The highest BCUT2D eigenvalue weighted by Gasteiger charge is 2.31. The molecule has 1 unspecified atom stereocenters. The first-order valence-corrected chi connectivity index (χ1v) is 11.0. The number of halogens is 1. The molecule has 0 fully saturated rings. The number of hydrogen-bond acceptors (Lipinski definition) is 3. The van der Waals surface area contributed by atoms with Crippen LogP contribution in [0.25, 0.3) is 10.9 Å². The maximum Gasteiger partial charge on any atom is 0.186 e. The van der Waals surface area contributed by atoms with Gasteiger partial charge < -0.3 is 0 Å². The Labute approximate surface area is 169 Å². The summed E-state index contributed by atoms with van der Waals surface area (Å²) in [6.07, 6.45) is 0.979. The van der Waals surface area contributed by atoms with Gasteiger partial charge in [-0.1, -0.05) is 48.0 Å². The van der Waals surface area contributed by atoms with Gasteiger partial charge in [-0.25, -0.2) is 12.8 Å². The van der Waals surface area contributed by atoms with Crippen molar-refractivity contribution in [1.29, 1.82) is 0 Å². The number of rotatable bonds is 6. The fraction of sp³-hybridized carbons (Fsp3) is 0.174. The highest BCUT2D eigenvalue weighted by molar-refractivity contribution is 7.91. The summed E-state index contributed by atoms with van der Waals surface area (Å²) in [7, 11) is -3.68. The maximum atomic E-state index is 13.6. The summed E-state index contributed by atoms with van der Waals surface area (Å²) in [5, 5.41) is 6.82. The second kappa shape index (κ2) is 7.79. The number of nitrogens with zero attached hydrogens (tertiary/aromatic N) is 1. The first-order chi connectivity index (χ1) is 13.9. The van der Waals surface area contributed by atoms with Gasteiger partial charge in [0.05, 0.1) is 16.1 Å². The molecule has 0 saturated carbocycles. The summed E-state index contributed by atoms with van der Waals surface area (Å²) in [4.78, 5) is 0.269. The number of sulfone groups is 1. The van der Waals surface area contributed by atoms with Crippen LogP contribution in [-0.4, -0.2) is 18.6 Å². The average molecular weight is 408 g/mol. The van der Waals surface area contributed by atoms with Gasteiger partial charge >= 0.3 is 0 Å². The predicted octanol–water partition coefficient (Wildman–Crippen LogP) is 5.16. The molecule has 0 aliphatic rings. The lowest BCUT2D eigenvalue weighted by atomic mass is 10.0. The lowest BCUT2D eigenvalue weighted by molar-refractivity contribution is 0.573. The van der Waals surface area contributed by atoms with E-state index in [1.54, 1.807) is 30.3 Å². The topological polar surface area (TPSA) is 62.8 Å². The van der Waals surface area contributed by atoms with E-state index >= 15 is 0 Å². The molecule has 29 heavy (non-hydrogen) atoms. The minimum absolute atomic E-state index is 0.269. The molecule has 1 heterocycles. The third kappa shape index (κ3) is 3.93. The van der Waals surface area contributed by atoms with Crippen LogP contribution in [0.3, 0.4) is 0 Å². The fourth-order valence-corrected chi connectivity index (χ4v) is 5.30. The molecule has 0 spiro atoms. The second-order valence-electron chi connectivity index (χ2n) is 7.17. The van der Waals surface area contributed by atoms with Crippen molar-refractivity contribution < 1.29 is 12.8 Å². The van der Waals surface area contributed by atoms with E-state index in [0.29, 0.717) is 29.4 Å². The van der Waals surface area contributed by atoms with Crippen molar-refractivity contribution in [2.45, 2.75) is 29.9 Å². The molecule has 4 rings (SSSR count). The van der Waals surface area contributed by atoms with Gasteiger partial charge in [-0.15, -0.1) is 0 Å². The van der Waals surface area contributed by atoms with E-state index < -0.39 is 20.9 Å². The predicted molar refractivity (Wildman–Crippen MR) is 112 cm³/mol. The van der Waals surface area contributed by atoms with Crippen LogP contribution in [0.2, 0.25) is 0 Å². The Balaban J connectivity index is 1.78. The first-order valence-electron chi connectivity index (χ1n) is 9.43. The number of fused-ring (bicyclic) bond motifs is 1. The van der Waals surface area contributed by atoms with Gasteiger partial charge in [0.15, 0.2) is 9.84 Å². The molecule has 0 radical (unpaired) electrons. The molecule has 148 valence electrons. The van der Waals surface area contributed by atoms with E-state index in [-0.39, 0.29) is 4.90 Å². The smallest absolute Gasteiger partial charge is 0.186 e. The van der Waals surface area contributed by atoms with Gasteiger partial charge in [-0.3, -0.25) is 5.10 Å². The summed E-state index contributed by atoms with van der Waals surface area (Å²) in [6.45, 7) is 1.92. The lowest BCUT2D eigenvalue weighted by Crippen LogP contribution is -2.16. The Kier molecular flexibility index (Phi) is 5.20. The number of aryl methyl sites for hydroxylation is 2. The van der Waals surface area contributed by atoms with Crippen LogP contribution in [0.1, 0.15) is 28.5 Å². The normalized spacial score (nSPS) is 12.9. The summed E-state index contributed by atoms with van der Waals surface area (Å²) in [5.74, 6) is -0.405. The minimum Gasteiger partial charge on any atom is -0.280 e. The molecule has 0 amide bonds. The SMILES string of the molecule is Cc1ccc(S(=O)(=O)C(CCc2ccccc2)c2[nH]nc3cc(F)ccc23)cc1. The quantitative estimate of drug-likeness (QED) is 0.479. The molecular weight excluding hydrogens is 387 g/mol. The lowest BCUT2D eigenvalue weighted by Gasteiger charge is -2.17. The summed E-state index contributed by atoms with van der Waals surface area (Å²) >= 11 is 0. The monoisotopic (exact) mass is 408 g/mol. The van der Waals surface area contributed by atoms with E-state index in [1.807, 2.05) is 37.3 Å². The number of nitrogens with one attached hydrogen (secondary N) is 1. The highest BCUT2D eigenvalue weighted by Crippen LogP contribution is 2.35. The van der Waals surface area contributed by atoms with E-state index in [4.69, 9.17) is 0 Å². The van der Waals surface area contributed by atoms with Crippen molar-refractivity contribution in [2.24, 2.45) is 0 Å². The Morgan fingerprint density at radius 3 is 2.45 bits per heavy atom. The van der Waals surface area contributed by atoms with Crippen molar-refractivity contribution in [3.8, 4) is 0 Å². The van der Waals surface area contributed by atoms with Crippen molar-refractivity contribution >= 4 is 20.7 Å². The Morgan fingerprint density at radius 1 is 1.00 bits per heavy atom. The summed E-state index contributed by atoms with van der Waals surface area (Å²) in [6, 6.07) is 20.9. The molecule has 0 saturated heterocycles. The van der Waals surface area contributed by atoms with Crippen LogP contribution < -0.4 is 0 Å². The second-order valence-corrected chi connectivity index (χ2v) is 9.30. The van der Waals surface area contributed by atoms with Crippen LogP contribution in [-0.2, 0) is 16.3 Å². The number of hydrogen-bond donors (Lipinski definition) is 1. The van der Waals surface area contributed by atoms with Crippen LogP contribution in [0.4, 0.5) is 4.39 Å². The molecule has 1 N–H and O–H groups in total. The molecule has 4 nitrogen and oxygen atoms in total. The van der Waals surface area contributed by atoms with Crippen LogP contribution in [0.5, 0.6) is 0 Å². The summed E-state index contributed by atoms with van der Waals surface area (Å²) in [5.41, 5.74) is 2.97. The zero-order chi connectivity index (χ0) is 20.4. The number of aromatic amines is 1. The van der Waals surface area contributed by atoms with Gasteiger partial charge in [-0.2, -0.15) is 5.10 Å². The average Bonchev–Trinajstić information content (AvgIpc) is 3.12. The van der Waals surface area contributed by atoms with E-state index in [0.717, 1.165) is 11.1 Å². The zero-order valence-electron chi connectivity index (χ0n) is 16.0. The van der Waals surface area contributed by atoms with Crippen LogP contribution in [0, 0.1) is 12.7 Å². The molecule has 0 aliphatic carbocycles. The van der Waals surface area contributed by atoms with Crippen LogP contribution in [0.15, 0.2) is 77.7 Å². The first kappa shape index (κ1) is 19.3. The van der Waals surface area contributed by atoms with Gasteiger partial charge in [0.1, 0.15) is 11.1 Å². The molecule has 0 bridgehead atoms. The molecule has 1 aromatic heterocycles. The number of benzene rings is 3. The van der Waals surface area contributed by atoms with Crippen molar-refractivity contribution in [3.63, 3.8) is 0 Å². The molecule has 3 aromatic carbocycles. The highest BCUT2D eigenvalue weighted by atomic mass is 32.2. The fourth-order valence-electron chi connectivity index (χ4n) is 3.54. The Bertz CT molecular complexity index is 1230. The zero-order valence-corrected chi connectivity index (χ0v) is 16.8. The van der Waals surface area contributed by atoms with Gasteiger partial charge in [0, 0.05) is 11.5 Å². The minimum atomic E-state index is -3.68. The summed E-state index contributed by atoms with van der Waals surface area (Å²) < 4.78 is 40.7. The maximum absolute atomic E-state index is 13.6.